The molecule has 1 unspecified atom stereocenters. The molecule has 0 aliphatic rings. The lowest BCUT2D eigenvalue weighted by atomic mass is 10.1. The van der Waals surface area contributed by atoms with E-state index >= 15 is 0 Å². The van der Waals surface area contributed by atoms with Crippen LogP contribution >= 0.6 is 31.9 Å². The summed E-state index contributed by atoms with van der Waals surface area (Å²) in [7, 11) is 0. The van der Waals surface area contributed by atoms with Gasteiger partial charge in [-0.2, -0.15) is 0 Å². The second kappa shape index (κ2) is 7.32. The van der Waals surface area contributed by atoms with E-state index in [-0.39, 0.29) is 18.9 Å². The Balaban J connectivity index is 1.94. The number of hydrogen-bond acceptors (Lipinski definition) is 4. The molecule has 5 nitrogen and oxygen atoms in total. The molecule has 1 aromatic heterocycles. The van der Waals surface area contributed by atoms with Crippen LogP contribution < -0.4 is 9.47 Å². The predicted octanol–water partition coefficient (Wildman–Crippen LogP) is 4.14. The van der Waals surface area contributed by atoms with Gasteiger partial charge in [0.15, 0.2) is 4.73 Å². The van der Waals surface area contributed by atoms with Crippen molar-refractivity contribution in [3.8, 4) is 11.5 Å². The van der Waals surface area contributed by atoms with E-state index in [0.717, 1.165) is 12.1 Å². The maximum Gasteiger partial charge on any atom is 0.573 e. The van der Waals surface area contributed by atoms with Gasteiger partial charge < -0.3 is 19.1 Å². The van der Waals surface area contributed by atoms with Crippen molar-refractivity contribution in [1.82, 2.24) is 9.55 Å². The average molecular weight is 474 g/mol. The summed E-state index contributed by atoms with van der Waals surface area (Å²) in [5, 5.41) is 10.4. The maximum absolute atomic E-state index is 12.1. The summed E-state index contributed by atoms with van der Waals surface area (Å²) < 4.78 is 48.4. The molecule has 1 N–H and O–H groups in total. The topological polar surface area (TPSA) is 56.5 Å². The van der Waals surface area contributed by atoms with Crippen molar-refractivity contribution in [3.63, 3.8) is 0 Å². The summed E-state index contributed by atoms with van der Waals surface area (Å²) in [5.74, 6) is -0.0264. The minimum Gasteiger partial charge on any atom is -0.491 e. The highest BCUT2D eigenvalue weighted by molar-refractivity contribution is 9.11. The van der Waals surface area contributed by atoms with E-state index < -0.39 is 12.0 Å². The minimum atomic E-state index is -4.74. The van der Waals surface area contributed by atoms with Gasteiger partial charge in [-0.05, 0) is 63.0 Å². The van der Waals surface area contributed by atoms with Gasteiger partial charge in [-0.15, -0.1) is 13.2 Å². The van der Waals surface area contributed by atoms with Gasteiger partial charge in [-0.25, -0.2) is 4.98 Å². The van der Waals surface area contributed by atoms with Gasteiger partial charge in [-0.3, -0.25) is 0 Å². The highest BCUT2D eigenvalue weighted by atomic mass is 79.9. The smallest absolute Gasteiger partial charge is 0.491 e. The Kier molecular flexibility index (Phi) is 5.82. The number of aromatic nitrogens is 2. The molecular weight excluding hydrogens is 461 g/mol. The Hall–Kier alpha value is -1.26. The Morgan fingerprint density at radius 3 is 2.25 bits per heavy atom. The van der Waals surface area contributed by atoms with E-state index in [1.165, 1.54) is 12.1 Å². The van der Waals surface area contributed by atoms with Crippen LogP contribution in [0.4, 0.5) is 13.2 Å². The summed E-state index contributed by atoms with van der Waals surface area (Å²) in [6.45, 7) is 1.71. The van der Waals surface area contributed by atoms with Crippen LogP contribution in [0, 0.1) is 0 Å². The largest absolute Gasteiger partial charge is 0.573 e. The molecule has 0 fully saturated rings. The van der Waals surface area contributed by atoms with Crippen LogP contribution in [0.2, 0.25) is 0 Å². The molecule has 0 spiro atoms. The quantitative estimate of drug-likeness (QED) is 0.685. The number of benzene rings is 1. The summed E-state index contributed by atoms with van der Waals surface area (Å²) in [6, 6.07) is 4.95. The fraction of sp³-hybridized carbons (Fsp3) is 0.357. The predicted molar refractivity (Wildman–Crippen MR) is 86.9 cm³/mol. The number of nitrogens with zero attached hydrogens (tertiary/aromatic N) is 2. The van der Waals surface area contributed by atoms with Crippen molar-refractivity contribution in [2.24, 2.45) is 0 Å². The Labute approximate surface area is 152 Å². The second-order valence-electron chi connectivity index (χ2n) is 5.24. The number of hydrogen-bond donors (Lipinski definition) is 1. The number of aliphatic hydroxyl groups is 1. The molecule has 2 rings (SSSR count). The lowest BCUT2D eigenvalue weighted by molar-refractivity contribution is -0.274. The van der Waals surface area contributed by atoms with Gasteiger partial charge in [-0.1, -0.05) is 0 Å². The zero-order valence-corrected chi connectivity index (χ0v) is 15.5. The van der Waals surface area contributed by atoms with Crippen molar-refractivity contribution >= 4 is 31.9 Å². The third-order valence-corrected chi connectivity index (χ3v) is 4.13. The first-order valence-electron chi connectivity index (χ1n) is 6.63. The molecular formula is C14H13Br2F3N2O3. The monoisotopic (exact) mass is 472 g/mol. The highest BCUT2D eigenvalue weighted by Crippen LogP contribution is 2.26. The minimum absolute atomic E-state index is 0.0659. The fourth-order valence-corrected chi connectivity index (χ4v) is 2.89. The molecule has 0 amide bonds. The summed E-state index contributed by atoms with van der Waals surface area (Å²) in [6.07, 6.45) is -3.15. The number of alkyl halides is 3. The Morgan fingerprint density at radius 2 is 1.75 bits per heavy atom. The van der Waals surface area contributed by atoms with Gasteiger partial charge >= 0.3 is 6.36 Å². The fourth-order valence-electron chi connectivity index (χ4n) is 1.84. The maximum atomic E-state index is 12.1. The molecule has 1 aromatic carbocycles. The van der Waals surface area contributed by atoms with E-state index in [0.29, 0.717) is 15.1 Å². The van der Waals surface area contributed by atoms with Crippen molar-refractivity contribution in [2.75, 3.05) is 6.61 Å². The van der Waals surface area contributed by atoms with E-state index in [1.54, 1.807) is 17.7 Å². The molecule has 0 saturated carbocycles. The molecule has 0 bridgehead atoms. The van der Waals surface area contributed by atoms with Crippen LogP contribution in [-0.2, 0) is 6.54 Å². The van der Waals surface area contributed by atoms with E-state index in [9.17, 15) is 18.3 Å². The zero-order valence-electron chi connectivity index (χ0n) is 12.3. The van der Waals surface area contributed by atoms with Crippen molar-refractivity contribution in [3.05, 3.63) is 39.8 Å². The number of ether oxygens (including phenoxy) is 2. The lowest BCUT2D eigenvalue weighted by Crippen LogP contribution is -2.37. The molecule has 132 valence electrons. The molecule has 2 aromatic rings. The van der Waals surface area contributed by atoms with Crippen molar-refractivity contribution in [2.45, 2.75) is 25.4 Å². The molecule has 0 aliphatic heterocycles. The lowest BCUT2D eigenvalue weighted by Gasteiger charge is -2.24. The highest BCUT2D eigenvalue weighted by Gasteiger charge is 2.31. The molecule has 0 aliphatic carbocycles. The van der Waals surface area contributed by atoms with Crippen LogP contribution in [0.5, 0.6) is 11.5 Å². The second-order valence-corrected chi connectivity index (χ2v) is 6.76. The Morgan fingerprint density at radius 1 is 1.17 bits per heavy atom. The molecule has 0 saturated heterocycles. The van der Waals surface area contributed by atoms with E-state index in [2.05, 4.69) is 41.6 Å². The van der Waals surface area contributed by atoms with Crippen LogP contribution in [0.15, 0.2) is 39.8 Å². The van der Waals surface area contributed by atoms with Gasteiger partial charge in [0.25, 0.3) is 0 Å². The van der Waals surface area contributed by atoms with Gasteiger partial charge in [0.2, 0.25) is 0 Å². The molecule has 1 heterocycles. The number of halogens is 5. The van der Waals surface area contributed by atoms with Crippen molar-refractivity contribution in [1.29, 1.82) is 0 Å². The summed E-state index contributed by atoms with van der Waals surface area (Å²) in [4.78, 5) is 4.03. The molecule has 1 atom stereocenters. The third-order valence-electron chi connectivity index (χ3n) is 2.86. The SMILES string of the molecule is CC(O)(COc1ccc(OC(F)(F)F)cc1)Cn1c(Br)cnc1Br. The number of imidazole rings is 1. The number of rotatable bonds is 6. The first-order valence-corrected chi connectivity index (χ1v) is 8.22. The summed E-state index contributed by atoms with van der Waals surface area (Å²) >= 11 is 6.57. The third kappa shape index (κ3) is 5.67. The van der Waals surface area contributed by atoms with E-state index in [4.69, 9.17) is 4.74 Å². The summed E-state index contributed by atoms with van der Waals surface area (Å²) in [5.41, 5.74) is -1.23. The zero-order chi connectivity index (χ0) is 18.0. The molecule has 10 heteroatoms. The van der Waals surface area contributed by atoms with Crippen LogP contribution in [0.3, 0.4) is 0 Å². The van der Waals surface area contributed by atoms with Crippen LogP contribution in [0.25, 0.3) is 0 Å². The van der Waals surface area contributed by atoms with Gasteiger partial charge in [0, 0.05) is 0 Å². The normalized spacial score (nSPS) is 14.3. The van der Waals surface area contributed by atoms with Crippen LogP contribution in [-0.4, -0.2) is 33.2 Å². The molecule has 24 heavy (non-hydrogen) atoms. The Bertz CT molecular complexity index is 668. The van der Waals surface area contributed by atoms with Crippen molar-refractivity contribution < 1.29 is 27.8 Å². The van der Waals surface area contributed by atoms with Gasteiger partial charge in [0.05, 0.1) is 12.7 Å². The average Bonchev–Trinajstić information content (AvgIpc) is 2.77. The van der Waals surface area contributed by atoms with E-state index in [1.807, 2.05) is 0 Å². The van der Waals surface area contributed by atoms with Gasteiger partial charge in [0.1, 0.15) is 28.3 Å². The first-order chi connectivity index (χ1) is 11.1. The standard InChI is InChI=1S/C14H13Br2F3N2O3/c1-13(22,7-21-11(15)6-20-12(21)16)8-23-9-2-4-10(5-3-9)24-14(17,18)19/h2-6,22H,7-8H2,1H3. The van der Waals surface area contributed by atoms with Crippen LogP contribution in [0.1, 0.15) is 6.92 Å². The molecule has 0 radical (unpaired) electrons. The first kappa shape index (κ1) is 19.1.